The van der Waals surface area contributed by atoms with Crippen LogP contribution < -0.4 is 4.74 Å². The molecule has 8 nitrogen and oxygen atoms in total. The van der Waals surface area contributed by atoms with Gasteiger partial charge in [-0.25, -0.2) is 0 Å². The minimum atomic E-state index is -0.121. The first-order valence-corrected chi connectivity index (χ1v) is 10.2. The van der Waals surface area contributed by atoms with Crippen molar-refractivity contribution < 1.29 is 9.53 Å². The lowest BCUT2D eigenvalue weighted by atomic mass is 10.2. The second-order valence-electron chi connectivity index (χ2n) is 6.48. The Labute approximate surface area is 175 Å². The van der Waals surface area contributed by atoms with Gasteiger partial charge in [-0.2, -0.15) is 10.5 Å². The fraction of sp³-hybridized carbons (Fsp3) is 0.450. The van der Waals surface area contributed by atoms with Crippen molar-refractivity contribution in [2.75, 3.05) is 26.0 Å². The normalized spacial score (nSPS) is 10.4. The van der Waals surface area contributed by atoms with E-state index in [0.29, 0.717) is 18.2 Å². The van der Waals surface area contributed by atoms with Crippen LogP contribution in [-0.4, -0.2) is 51.5 Å². The number of methoxy groups -OCH3 is 1. The van der Waals surface area contributed by atoms with E-state index in [-0.39, 0.29) is 30.5 Å². The maximum absolute atomic E-state index is 12.6. The van der Waals surface area contributed by atoms with Gasteiger partial charge in [0.05, 0.1) is 37.8 Å². The standard InChI is InChI=1S/C20H24N6O2S/c1-15(2)26-19(16-6-8-17(28-3)9-7-16)23-24-20(26)29-14-18(27)25(12-4-10-21)13-5-11-22/h6-9,15H,4-5,12-14H2,1-3H3. The molecule has 0 spiro atoms. The molecule has 9 heteroatoms. The first-order chi connectivity index (χ1) is 14.0. The summed E-state index contributed by atoms with van der Waals surface area (Å²) in [7, 11) is 1.62. The van der Waals surface area contributed by atoms with E-state index in [0.717, 1.165) is 17.1 Å². The van der Waals surface area contributed by atoms with E-state index < -0.39 is 0 Å². The second kappa shape index (κ2) is 11.1. The van der Waals surface area contributed by atoms with Crippen LogP contribution in [0.15, 0.2) is 29.4 Å². The molecule has 2 aromatic rings. The van der Waals surface area contributed by atoms with Crippen molar-refractivity contribution in [3.05, 3.63) is 24.3 Å². The Bertz CT molecular complexity index is 877. The fourth-order valence-corrected chi connectivity index (χ4v) is 3.70. The van der Waals surface area contributed by atoms with E-state index >= 15 is 0 Å². The van der Waals surface area contributed by atoms with Crippen LogP contribution in [0.5, 0.6) is 5.75 Å². The third-order valence-corrected chi connectivity index (χ3v) is 5.12. The molecule has 152 valence electrons. The highest BCUT2D eigenvalue weighted by molar-refractivity contribution is 7.99. The Balaban J connectivity index is 2.16. The lowest BCUT2D eigenvalue weighted by Crippen LogP contribution is -2.34. The minimum Gasteiger partial charge on any atom is -0.497 e. The summed E-state index contributed by atoms with van der Waals surface area (Å²) in [5, 5.41) is 26.8. The lowest BCUT2D eigenvalue weighted by molar-refractivity contribution is -0.128. The Morgan fingerprint density at radius 2 is 1.79 bits per heavy atom. The molecule has 0 aliphatic rings. The average molecular weight is 413 g/mol. The molecule has 0 saturated carbocycles. The molecule has 0 aliphatic carbocycles. The third kappa shape index (κ3) is 5.97. The molecule has 0 fully saturated rings. The van der Waals surface area contributed by atoms with Gasteiger partial charge >= 0.3 is 0 Å². The summed E-state index contributed by atoms with van der Waals surface area (Å²) in [5.41, 5.74) is 0.912. The van der Waals surface area contributed by atoms with Gasteiger partial charge in [0.2, 0.25) is 5.91 Å². The number of ether oxygens (including phenoxy) is 1. The van der Waals surface area contributed by atoms with E-state index in [4.69, 9.17) is 15.3 Å². The van der Waals surface area contributed by atoms with E-state index in [9.17, 15) is 4.79 Å². The van der Waals surface area contributed by atoms with Crippen LogP contribution in [0, 0.1) is 22.7 Å². The van der Waals surface area contributed by atoms with Gasteiger partial charge in [0, 0.05) is 24.7 Å². The average Bonchev–Trinajstić information content (AvgIpc) is 3.16. The molecule has 1 aromatic heterocycles. The molecule has 0 N–H and O–H groups in total. The smallest absolute Gasteiger partial charge is 0.233 e. The molecule has 29 heavy (non-hydrogen) atoms. The summed E-state index contributed by atoms with van der Waals surface area (Å²) in [4.78, 5) is 14.1. The van der Waals surface area contributed by atoms with Crippen LogP contribution in [0.2, 0.25) is 0 Å². The Hall–Kier alpha value is -3.04. The Morgan fingerprint density at radius 1 is 1.17 bits per heavy atom. The molecule has 0 saturated heterocycles. The molecule has 1 amide bonds. The van der Waals surface area contributed by atoms with Gasteiger partial charge in [0.25, 0.3) is 0 Å². The SMILES string of the molecule is COc1ccc(-c2nnc(SCC(=O)N(CCC#N)CCC#N)n2C(C)C)cc1. The van der Waals surface area contributed by atoms with Gasteiger partial charge in [0.1, 0.15) is 5.75 Å². The first kappa shape index (κ1) is 22.3. The minimum absolute atomic E-state index is 0.105. The zero-order chi connectivity index (χ0) is 21.2. The number of nitrogens with zero attached hydrogens (tertiary/aromatic N) is 6. The number of rotatable bonds is 10. The van der Waals surface area contributed by atoms with Crippen LogP contribution in [0.25, 0.3) is 11.4 Å². The molecule has 0 aliphatic heterocycles. The number of carbonyl (C=O) groups excluding carboxylic acids is 1. The molecule has 1 heterocycles. The summed E-state index contributed by atoms with van der Waals surface area (Å²) in [6, 6.07) is 11.8. The number of carbonyl (C=O) groups is 1. The van der Waals surface area contributed by atoms with E-state index in [1.54, 1.807) is 12.0 Å². The summed E-state index contributed by atoms with van der Waals surface area (Å²) >= 11 is 1.31. The van der Waals surface area contributed by atoms with E-state index in [2.05, 4.69) is 10.2 Å². The molecule has 0 unspecified atom stereocenters. The summed E-state index contributed by atoms with van der Waals surface area (Å²) in [6.45, 7) is 4.72. The van der Waals surface area contributed by atoms with Crippen molar-refractivity contribution in [1.29, 1.82) is 10.5 Å². The highest BCUT2D eigenvalue weighted by Gasteiger charge is 2.20. The zero-order valence-corrected chi connectivity index (χ0v) is 17.6. The predicted molar refractivity (Wildman–Crippen MR) is 110 cm³/mol. The zero-order valence-electron chi connectivity index (χ0n) is 16.8. The molecular formula is C20H24N6O2S. The van der Waals surface area contributed by atoms with E-state index in [1.807, 2.05) is 54.8 Å². The highest BCUT2D eigenvalue weighted by atomic mass is 32.2. The van der Waals surface area contributed by atoms with Crippen molar-refractivity contribution in [2.24, 2.45) is 0 Å². The van der Waals surface area contributed by atoms with Crippen LogP contribution >= 0.6 is 11.8 Å². The monoisotopic (exact) mass is 412 g/mol. The third-order valence-electron chi connectivity index (χ3n) is 4.19. The van der Waals surface area contributed by atoms with Crippen molar-refractivity contribution in [3.63, 3.8) is 0 Å². The largest absolute Gasteiger partial charge is 0.497 e. The summed E-state index contributed by atoms with van der Waals surface area (Å²) in [5.74, 6) is 1.54. The number of aromatic nitrogens is 3. The molecular weight excluding hydrogens is 388 g/mol. The van der Waals surface area contributed by atoms with Gasteiger partial charge in [0.15, 0.2) is 11.0 Å². The fourth-order valence-electron chi connectivity index (χ4n) is 2.73. The number of amides is 1. The van der Waals surface area contributed by atoms with Crippen molar-refractivity contribution in [3.8, 4) is 29.3 Å². The molecule has 2 rings (SSSR count). The number of nitriles is 2. The van der Waals surface area contributed by atoms with Crippen LogP contribution in [0.1, 0.15) is 32.7 Å². The number of benzene rings is 1. The quantitative estimate of drug-likeness (QED) is 0.551. The molecule has 0 atom stereocenters. The van der Waals surface area contributed by atoms with Gasteiger partial charge in [-0.15, -0.1) is 10.2 Å². The van der Waals surface area contributed by atoms with Crippen LogP contribution in [0.3, 0.4) is 0 Å². The molecule has 1 aromatic carbocycles. The maximum Gasteiger partial charge on any atom is 0.233 e. The summed E-state index contributed by atoms with van der Waals surface area (Å²) < 4.78 is 7.20. The second-order valence-corrected chi connectivity index (χ2v) is 7.43. The van der Waals surface area contributed by atoms with Gasteiger partial charge in [-0.1, -0.05) is 11.8 Å². The van der Waals surface area contributed by atoms with Gasteiger partial charge in [-0.05, 0) is 38.1 Å². The highest BCUT2D eigenvalue weighted by Crippen LogP contribution is 2.28. The van der Waals surface area contributed by atoms with Crippen molar-refractivity contribution in [2.45, 2.75) is 37.9 Å². The van der Waals surface area contributed by atoms with E-state index in [1.165, 1.54) is 11.8 Å². The number of thioether (sulfide) groups is 1. The maximum atomic E-state index is 12.6. The van der Waals surface area contributed by atoms with Crippen LogP contribution in [-0.2, 0) is 4.79 Å². The van der Waals surface area contributed by atoms with Crippen LogP contribution in [0.4, 0.5) is 0 Å². The Kier molecular flexibility index (Phi) is 8.50. The number of hydrogen-bond acceptors (Lipinski definition) is 7. The topological polar surface area (TPSA) is 108 Å². The predicted octanol–water partition coefficient (Wildman–Crippen LogP) is 3.28. The lowest BCUT2D eigenvalue weighted by Gasteiger charge is -2.20. The number of hydrogen-bond donors (Lipinski definition) is 0. The first-order valence-electron chi connectivity index (χ1n) is 9.25. The Morgan fingerprint density at radius 3 is 2.31 bits per heavy atom. The summed E-state index contributed by atoms with van der Waals surface area (Å²) in [6.07, 6.45) is 0.483. The van der Waals surface area contributed by atoms with Gasteiger partial charge < -0.3 is 9.64 Å². The molecule has 0 radical (unpaired) electrons. The molecule has 0 bridgehead atoms. The van der Waals surface area contributed by atoms with Crippen molar-refractivity contribution >= 4 is 17.7 Å². The van der Waals surface area contributed by atoms with Crippen molar-refractivity contribution in [1.82, 2.24) is 19.7 Å². The van der Waals surface area contributed by atoms with Gasteiger partial charge in [-0.3, -0.25) is 9.36 Å².